The fourth-order valence-corrected chi connectivity index (χ4v) is 5.44. The Morgan fingerprint density at radius 2 is 1.70 bits per heavy atom. The first-order valence-corrected chi connectivity index (χ1v) is 10.9. The summed E-state index contributed by atoms with van der Waals surface area (Å²) in [6.07, 6.45) is 4.94. The van der Waals surface area contributed by atoms with Crippen LogP contribution in [0, 0.1) is 0 Å². The van der Waals surface area contributed by atoms with Gasteiger partial charge in [-0.3, -0.25) is 4.79 Å². The molecule has 0 spiro atoms. The molecule has 2 fully saturated rings. The summed E-state index contributed by atoms with van der Waals surface area (Å²) in [5, 5.41) is 2.14. The number of thiophene rings is 1. The highest BCUT2D eigenvalue weighted by Crippen LogP contribution is 2.37. The molecule has 27 heavy (non-hydrogen) atoms. The minimum Gasteiger partial charge on any atom is -0.368 e. The number of benzene rings is 1. The van der Waals surface area contributed by atoms with Crippen LogP contribution in [0.2, 0.25) is 0 Å². The number of nitrogens with zero attached hydrogens (tertiary/aromatic N) is 3. The Kier molecular flexibility index (Phi) is 4.40. The average Bonchev–Trinajstić information content (AvgIpc) is 3.45. The van der Waals surface area contributed by atoms with E-state index in [1.54, 1.807) is 11.3 Å². The molecule has 2 aliphatic rings. The number of carbonyl (C=O) groups is 1. The van der Waals surface area contributed by atoms with Crippen molar-refractivity contribution in [2.75, 3.05) is 31.1 Å². The molecule has 1 amide bonds. The molecule has 5 rings (SSSR count). The standard InChI is InChI=1S/C22H25N3OS/c26-22(24-13-11-23(12-14-24)17-6-2-1-3-7-17)20-16-21-19(10-15-27-21)25(20)18-8-4-5-9-18/h1-3,6-7,10,15-16,18H,4-5,8-9,11-14H2. The van der Waals surface area contributed by atoms with Crippen LogP contribution in [0.1, 0.15) is 42.2 Å². The van der Waals surface area contributed by atoms with Crippen molar-refractivity contribution in [3.05, 3.63) is 53.5 Å². The van der Waals surface area contributed by atoms with Gasteiger partial charge in [-0.15, -0.1) is 11.3 Å². The normalized spacial score (nSPS) is 18.5. The number of aromatic nitrogens is 1. The lowest BCUT2D eigenvalue weighted by atomic mass is 10.2. The summed E-state index contributed by atoms with van der Waals surface area (Å²) in [6.45, 7) is 3.37. The molecule has 0 bridgehead atoms. The summed E-state index contributed by atoms with van der Waals surface area (Å²) in [5.41, 5.74) is 3.40. The van der Waals surface area contributed by atoms with Crippen LogP contribution in [0.4, 0.5) is 5.69 Å². The molecule has 2 aromatic heterocycles. The van der Waals surface area contributed by atoms with E-state index < -0.39 is 0 Å². The highest BCUT2D eigenvalue weighted by atomic mass is 32.1. The first-order chi connectivity index (χ1) is 13.3. The van der Waals surface area contributed by atoms with Crippen LogP contribution in [0.5, 0.6) is 0 Å². The maximum atomic E-state index is 13.4. The molecule has 1 saturated heterocycles. The van der Waals surface area contributed by atoms with Gasteiger partial charge in [0.1, 0.15) is 5.69 Å². The van der Waals surface area contributed by atoms with Crippen LogP contribution in [0.3, 0.4) is 0 Å². The lowest BCUT2D eigenvalue weighted by Crippen LogP contribution is -2.49. The summed E-state index contributed by atoms with van der Waals surface area (Å²) in [7, 11) is 0. The van der Waals surface area contributed by atoms with E-state index in [0.29, 0.717) is 6.04 Å². The van der Waals surface area contributed by atoms with Crippen LogP contribution < -0.4 is 4.90 Å². The Morgan fingerprint density at radius 3 is 2.44 bits per heavy atom. The van der Waals surface area contributed by atoms with Gasteiger partial charge in [0.15, 0.2) is 0 Å². The fraction of sp³-hybridized carbons (Fsp3) is 0.409. The van der Waals surface area contributed by atoms with Gasteiger partial charge in [0.25, 0.3) is 5.91 Å². The van der Waals surface area contributed by atoms with Crippen molar-refractivity contribution < 1.29 is 4.79 Å². The Hall–Kier alpha value is -2.27. The zero-order valence-electron chi connectivity index (χ0n) is 15.5. The van der Waals surface area contributed by atoms with E-state index in [0.717, 1.165) is 31.9 Å². The number of para-hydroxylation sites is 1. The second-order valence-corrected chi connectivity index (χ2v) is 8.57. The highest BCUT2D eigenvalue weighted by Gasteiger charge is 2.29. The third-order valence-corrected chi connectivity index (χ3v) is 6.91. The molecule has 0 radical (unpaired) electrons. The van der Waals surface area contributed by atoms with Crippen LogP contribution >= 0.6 is 11.3 Å². The van der Waals surface area contributed by atoms with Crippen molar-refractivity contribution in [2.45, 2.75) is 31.7 Å². The SMILES string of the molecule is O=C(c1cc2sccc2n1C1CCCC1)N1CCN(c2ccccc2)CC1. The van der Waals surface area contributed by atoms with Gasteiger partial charge in [-0.25, -0.2) is 0 Å². The first-order valence-electron chi connectivity index (χ1n) is 9.99. The van der Waals surface area contributed by atoms with Crippen molar-refractivity contribution in [3.8, 4) is 0 Å². The van der Waals surface area contributed by atoms with Crippen molar-refractivity contribution in [3.63, 3.8) is 0 Å². The molecule has 3 heterocycles. The minimum atomic E-state index is 0.206. The van der Waals surface area contributed by atoms with Gasteiger partial charge < -0.3 is 14.4 Å². The summed E-state index contributed by atoms with van der Waals surface area (Å²) in [5.74, 6) is 0.206. The predicted octanol–water partition coefficient (Wildman–Crippen LogP) is 4.78. The Balaban J connectivity index is 1.37. The van der Waals surface area contributed by atoms with E-state index in [1.807, 2.05) is 11.0 Å². The van der Waals surface area contributed by atoms with Gasteiger partial charge in [0.2, 0.25) is 0 Å². The monoisotopic (exact) mass is 379 g/mol. The lowest BCUT2D eigenvalue weighted by Gasteiger charge is -2.36. The summed E-state index contributed by atoms with van der Waals surface area (Å²) >= 11 is 1.74. The van der Waals surface area contributed by atoms with Gasteiger partial charge in [-0.1, -0.05) is 31.0 Å². The Labute approximate surface area is 164 Å². The smallest absolute Gasteiger partial charge is 0.270 e. The number of hydrogen-bond acceptors (Lipinski definition) is 3. The van der Waals surface area contributed by atoms with E-state index in [1.165, 1.54) is 41.6 Å². The zero-order chi connectivity index (χ0) is 18.2. The van der Waals surface area contributed by atoms with Crippen molar-refractivity contribution in [2.24, 2.45) is 0 Å². The number of piperazine rings is 1. The molecule has 1 aromatic carbocycles. The third kappa shape index (κ3) is 3.04. The summed E-state index contributed by atoms with van der Waals surface area (Å²) in [4.78, 5) is 17.8. The van der Waals surface area contributed by atoms with Crippen LogP contribution in [-0.2, 0) is 0 Å². The zero-order valence-corrected chi connectivity index (χ0v) is 16.3. The second kappa shape index (κ2) is 7.04. The van der Waals surface area contributed by atoms with E-state index in [2.05, 4.69) is 51.2 Å². The first kappa shape index (κ1) is 16.9. The van der Waals surface area contributed by atoms with E-state index in [9.17, 15) is 4.79 Å². The van der Waals surface area contributed by atoms with Crippen molar-refractivity contribution in [1.82, 2.24) is 9.47 Å². The lowest BCUT2D eigenvalue weighted by molar-refractivity contribution is 0.0734. The molecule has 140 valence electrons. The highest BCUT2D eigenvalue weighted by molar-refractivity contribution is 7.17. The Morgan fingerprint density at radius 1 is 0.963 bits per heavy atom. The van der Waals surface area contributed by atoms with Crippen molar-refractivity contribution in [1.29, 1.82) is 0 Å². The fourth-order valence-electron chi connectivity index (χ4n) is 4.63. The maximum absolute atomic E-state index is 13.4. The predicted molar refractivity (Wildman–Crippen MR) is 112 cm³/mol. The largest absolute Gasteiger partial charge is 0.368 e. The van der Waals surface area contributed by atoms with E-state index in [4.69, 9.17) is 0 Å². The quantitative estimate of drug-likeness (QED) is 0.655. The van der Waals surface area contributed by atoms with Gasteiger partial charge in [-0.05, 0) is 42.5 Å². The molecule has 0 unspecified atom stereocenters. The molecular formula is C22H25N3OS. The topological polar surface area (TPSA) is 28.5 Å². The number of rotatable bonds is 3. The number of anilines is 1. The Bertz CT molecular complexity index is 931. The molecule has 5 heteroatoms. The molecule has 4 nitrogen and oxygen atoms in total. The van der Waals surface area contributed by atoms with Gasteiger partial charge >= 0.3 is 0 Å². The number of hydrogen-bond donors (Lipinski definition) is 0. The van der Waals surface area contributed by atoms with Gasteiger partial charge in [-0.2, -0.15) is 0 Å². The summed E-state index contributed by atoms with van der Waals surface area (Å²) in [6, 6.07) is 15.3. The number of fused-ring (bicyclic) bond motifs is 1. The molecule has 1 aliphatic carbocycles. The molecule has 1 saturated carbocycles. The van der Waals surface area contributed by atoms with E-state index >= 15 is 0 Å². The molecule has 0 atom stereocenters. The maximum Gasteiger partial charge on any atom is 0.270 e. The molecule has 1 aliphatic heterocycles. The third-order valence-electron chi connectivity index (χ3n) is 6.06. The second-order valence-electron chi connectivity index (χ2n) is 7.62. The van der Waals surface area contributed by atoms with E-state index in [-0.39, 0.29) is 5.91 Å². The number of carbonyl (C=O) groups excluding carboxylic acids is 1. The van der Waals surface area contributed by atoms with Crippen LogP contribution in [-0.4, -0.2) is 41.6 Å². The summed E-state index contributed by atoms with van der Waals surface area (Å²) < 4.78 is 3.60. The minimum absolute atomic E-state index is 0.206. The van der Waals surface area contributed by atoms with Crippen LogP contribution in [0.15, 0.2) is 47.8 Å². The van der Waals surface area contributed by atoms with Crippen molar-refractivity contribution >= 4 is 33.1 Å². The molecular weight excluding hydrogens is 354 g/mol. The molecule has 0 N–H and O–H groups in total. The van der Waals surface area contributed by atoms with Gasteiger partial charge in [0, 0.05) is 37.9 Å². The molecule has 3 aromatic rings. The van der Waals surface area contributed by atoms with Crippen LogP contribution in [0.25, 0.3) is 10.2 Å². The average molecular weight is 380 g/mol. The van der Waals surface area contributed by atoms with Gasteiger partial charge in [0.05, 0.1) is 10.2 Å². The number of amides is 1.